The number of rotatable bonds is 3. The van der Waals surface area contributed by atoms with Crippen molar-refractivity contribution >= 4 is 5.82 Å². The number of nitrogens with zero attached hydrogens (tertiary/aromatic N) is 8. The lowest BCUT2D eigenvalue weighted by molar-refractivity contribution is 0.341. The van der Waals surface area contributed by atoms with Crippen LogP contribution in [0.4, 0.5) is 5.82 Å². The molecule has 1 atom stereocenters. The van der Waals surface area contributed by atoms with Crippen molar-refractivity contribution < 1.29 is 0 Å². The van der Waals surface area contributed by atoms with Crippen LogP contribution >= 0.6 is 0 Å². The highest BCUT2D eigenvalue weighted by Gasteiger charge is 2.39. The Bertz CT molecular complexity index is 864. The third-order valence-electron chi connectivity index (χ3n) is 5.04. The second-order valence-electron chi connectivity index (χ2n) is 6.32. The van der Waals surface area contributed by atoms with Crippen molar-refractivity contribution in [2.75, 3.05) is 4.90 Å². The van der Waals surface area contributed by atoms with Gasteiger partial charge in [-0.25, -0.2) is 9.97 Å². The van der Waals surface area contributed by atoms with Crippen molar-refractivity contribution in [3.8, 4) is 11.6 Å². The zero-order valence-electron chi connectivity index (χ0n) is 13.4. The van der Waals surface area contributed by atoms with Crippen LogP contribution in [0.2, 0.25) is 0 Å². The van der Waals surface area contributed by atoms with Crippen LogP contribution in [0, 0.1) is 0 Å². The summed E-state index contributed by atoms with van der Waals surface area (Å²) in [6.45, 7) is 2.19. The van der Waals surface area contributed by atoms with E-state index in [1.165, 1.54) is 19.3 Å². The molecule has 0 amide bonds. The highest BCUT2D eigenvalue weighted by Crippen LogP contribution is 2.43. The first kappa shape index (κ1) is 13.6. The van der Waals surface area contributed by atoms with E-state index in [1.54, 1.807) is 18.9 Å². The number of aromatic nitrogens is 7. The summed E-state index contributed by atoms with van der Waals surface area (Å²) in [7, 11) is 0. The van der Waals surface area contributed by atoms with Gasteiger partial charge in [0.05, 0.1) is 12.2 Å². The molecule has 0 bridgehead atoms. The van der Waals surface area contributed by atoms with Crippen LogP contribution in [0.1, 0.15) is 44.5 Å². The summed E-state index contributed by atoms with van der Waals surface area (Å²) in [6.07, 6.45) is 13.6. The molecule has 1 fully saturated rings. The maximum atomic E-state index is 4.88. The van der Waals surface area contributed by atoms with Gasteiger partial charge in [-0.05, 0) is 25.7 Å². The maximum Gasteiger partial charge on any atom is 0.236 e. The van der Waals surface area contributed by atoms with Crippen molar-refractivity contribution in [1.82, 2.24) is 34.3 Å². The lowest BCUT2D eigenvalue weighted by atomic mass is 9.89. The van der Waals surface area contributed by atoms with Gasteiger partial charge in [-0.1, -0.05) is 6.92 Å². The number of hydrogen-bond donors (Lipinski definition) is 0. The quantitative estimate of drug-likeness (QED) is 0.734. The van der Waals surface area contributed by atoms with Crippen molar-refractivity contribution in [3.05, 3.63) is 37.1 Å². The summed E-state index contributed by atoms with van der Waals surface area (Å²) in [5.74, 6) is 2.59. The van der Waals surface area contributed by atoms with E-state index >= 15 is 0 Å². The number of imidazole rings is 1. The summed E-state index contributed by atoms with van der Waals surface area (Å²) in [5.41, 5.74) is 0.954. The van der Waals surface area contributed by atoms with Crippen LogP contribution in [0.25, 0.3) is 11.6 Å². The lowest BCUT2D eigenvalue weighted by Crippen LogP contribution is -2.46. The van der Waals surface area contributed by atoms with Gasteiger partial charge in [-0.15, -0.1) is 10.2 Å². The Kier molecular flexibility index (Phi) is 2.91. The first-order valence-electron chi connectivity index (χ1n) is 8.41. The zero-order chi connectivity index (χ0) is 16.1. The van der Waals surface area contributed by atoms with Crippen LogP contribution in [-0.2, 0) is 0 Å². The molecule has 122 valence electrons. The molecule has 0 unspecified atom stereocenters. The van der Waals surface area contributed by atoms with Gasteiger partial charge in [0, 0.05) is 18.4 Å². The number of hydrogen-bond acceptors (Lipinski definition) is 6. The van der Waals surface area contributed by atoms with Gasteiger partial charge in [-0.2, -0.15) is 4.98 Å². The summed E-state index contributed by atoms with van der Waals surface area (Å²) >= 11 is 0. The van der Waals surface area contributed by atoms with E-state index in [-0.39, 0.29) is 6.04 Å². The van der Waals surface area contributed by atoms with Gasteiger partial charge in [0.25, 0.3) is 0 Å². The normalized spacial score (nSPS) is 19.7. The highest BCUT2D eigenvalue weighted by atomic mass is 15.4. The Morgan fingerprint density at radius 1 is 1.25 bits per heavy atom. The van der Waals surface area contributed by atoms with Crippen LogP contribution in [-0.4, -0.2) is 40.3 Å². The molecule has 8 nitrogen and oxygen atoms in total. The van der Waals surface area contributed by atoms with E-state index in [9.17, 15) is 0 Å². The molecule has 0 spiro atoms. The third-order valence-corrected chi connectivity index (χ3v) is 5.04. The number of fused-ring (bicyclic) bond motifs is 3. The van der Waals surface area contributed by atoms with E-state index in [1.807, 2.05) is 21.5 Å². The van der Waals surface area contributed by atoms with Crippen molar-refractivity contribution in [2.24, 2.45) is 0 Å². The molecule has 1 aliphatic heterocycles. The maximum absolute atomic E-state index is 4.88. The Labute approximate surface area is 139 Å². The zero-order valence-corrected chi connectivity index (χ0v) is 13.4. The molecule has 5 rings (SSSR count). The Hall–Kier alpha value is -2.77. The molecule has 1 aliphatic carbocycles. The van der Waals surface area contributed by atoms with Crippen molar-refractivity contribution in [2.45, 2.75) is 44.7 Å². The molecule has 3 aromatic rings. The van der Waals surface area contributed by atoms with E-state index in [2.05, 4.69) is 32.0 Å². The fraction of sp³-hybridized carbons (Fsp3) is 0.438. The largest absolute Gasteiger partial charge is 0.341 e. The van der Waals surface area contributed by atoms with Crippen molar-refractivity contribution in [3.63, 3.8) is 0 Å². The summed E-state index contributed by atoms with van der Waals surface area (Å²) < 4.78 is 3.86. The fourth-order valence-corrected chi connectivity index (χ4v) is 3.62. The van der Waals surface area contributed by atoms with Gasteiger partial charge in [-0.3, -0.25) is 9.13 Å². The van der Waals surface area contributed by atoms with Crippen LogP contribution < -0.4 is 4.90 Å². The first-order valence-corrected chi connectivity index (χ1v) is 8.41. The second kappa shape index (κ2) is 5.12. The third kappa shape index (κ3) is 1.82. The first-order chi connectivity index (χ1) is 11.9. The predicted molar refractivity (Wildman–Crippen MR) is 87.2 cm³/mol. The van der Waals surface area contributed by atoms with E-state index in [0.717, 1.165) is 23.8 Å². The van der Waals surface area contributed by atoms with Crippen molar-refractivity contribution in [1.29, 1.82) is 0 Å². The molecule has 0 radical (unpaired) electrons. The predicted octanol–water partition coefficient (Wildman–Crippen LogP) is 2.07. The molecular weight excluding hydrogens is 304 g/mol. The molecule has 4 heterocycles. The molecule has 1 saturated carbocycles. The summed E-state index contributed by atoms with van der Waals surface area (Å²) in [5, 5.41) is 8.50. The van der Waals surface area contributed by atoms with E-state index in [0.29, 0.717) is 12.0 Å². The lowest BCUT2D eigenvalue weighted by Gasteiger charge is -2.45. The molecule has 3 aromatic heterocycles. The van der Waals surface area contributed by atoms with Crippen LogP contribution in [0.3, 0.4) is 0 Å². The molecule has 8 heteroatoms. The van der Waals surface area contributed by atoms with Gasteiger partial charge >= 0.3 is 0 Å². The van der Waals surface area contributed by atoms with Gasteiger partial charge in [0.2, 0.25) is 5.95 Å². The molecule has 24 heavy (non-hydrogen) atoms. The minimum atomic E-state index is 0.204. The van der Waals surface area contributed by atoms with Gasteiger partial charge in [0.1, 0.15) is 18.3 Å². The smallest absolute Gasteiger partial charge is 0.236 e. The molecule has 0 saturated heterocycles. The molecular formula is C16H18N8. The topological polar surface area (TPSA) is 77.5 Å². The van der Waals surface area contributed by atoms with Gasteiger partial charge < -0.3 is 4.90 Å². The van der Waals surface area contributed by atoms with E-state index in [4.69, 9.17) is 4.98 Å². The standard InChI is InChI=1S/C16H18N8/c1-2-12-15-21-19-10-23(15)13-8-18-16(22-7-6-17-9-22)20-14(13)24(12)11-4-3-5-11/h6-12H,2-5H2,1H3/t12-/m1/s1. The molecule has 0 aromatic carbocycles. The fourth-order valence-electron chi connectivity index (χ4n) is 3.62. The average molecular weight is 322 g/mol. The Morgan fingerprint density at radius 2 is 2.17 bits per heavy atom. The van der Waals surface area contributed by atoms with Crippen LogP contribution in [0.15, 0.2) is 31.2 Å². The minimum absolute atomic E-state index is 0.204. The Balaban J connectivity index is 1.71. The summed E-state index contributed by atoms with van der Waals surface area (Å²) in [4.78, 5) is 15.9. The second-order valence-corrected chi connectivity index (χ2v) is 6.32. The van der Waals surface area contributed by atoms with Gasteiger partial charge in [0.15, 0.2) is 11.6 Å². The summed E-state index contributed by atoms with van der Waals surface area (Å²) in [6, 6.07) is 0.723. The van der Waals surface area contributed by atoms with E-state index < -0.39 is 0 Å². The minimum Gasteiger partial charge on any atom is -0.341 e. The molecule has 0 N–H and O–H groups in total. The number of anilines is 1. The Morgan fingerprint density at radius 3 is 2.88 bits per heavy atom. The van der Waals surface area contributed by atoms with Crippen LogP contribution in [0.5, 0.6) is 0 Å². The molecule has 2 aliphatic rings. The SMILES string of the molecule is CC[C@@H]1c2nncn2-c2cnc(-n3ccnc3)nc2N1C1CCC1. The average Bonchev–Trinajstić information content (AvgIpc) is 3.24. The highest BCUT2D eigenvalue weighted by molar-refractivity contribution is 5.62. The monoisotopic (exact) mass is 322 g/mol.